The van der Waals surface area contributed by atoms with E-state index in [1.54, 1.807) is 0 Å². The Morgan fingerprint density at radius 3 is 2.75 bits per heavy atom. The molecule has 0 spiro atoms. The van der Waals surface area contributed by atoms with E-state index in [1.807, 2.05) is 36.3 Å². The maximum atomic E-state index is 12.6. The van der Waals surface area contributed by atoms with E-state index in [0.717, 1.165) is 23.0 Å². The third kappa shape index (κ3) is 4.31. The molecule has 2 aromatic rings. The lowest BCUT2D eigenvalue weighted by atomic mass is 9.89. The summed E-state index contributed by atoms with van der Waals surface area (Å²) in [6, 6.07) is 7.67. The van der Waals surface area contributed by atoms with Crippen LogP contribution in [0.3, 0.4) is 0 Å². The molecule has 1 aromatic heterocycles. The number of amides is 1. The Balaban J connectivity index is 0.00000208. The fraction of sp³-hybridized carbons (Fsp3) is 0.526. The van der Waals surface area contributed by atoms with E-state index in [2.05, 4.69) is 11.1 Å². The van der Waals surface area contributed by atoms with Crippen molar-refractivity contribution in [3.8, 4) is 0 Å². The summed E-state index contributed by atoms with van der Waals surface area (Å²) in [5, 5.41) is 1.16. The number of para-hydroxylation sites is 1. The smallest absolute Gasteiger partial charge is 0.239 e. The van der Waals surface area contributed by atoms with Crippen molar-refractivity contribution in [3.63, 3.8) is 0 Å². The number of carbonyl (C=O) groups is 1. The molecule has 0 aliphatic heterocycles. The van der Waals surface area contributed by atoms with Crippen molar-refractivity contribution in [1.29, 1.82) is 0 Å². The van der Waals surface area contributed by atoms with Crippen molar-refractivity contribution in [2.24, 2.45) is 11.7 Å². The van der Waals surface area contributed by atoms with Gasteiger partial charge in [0.1, 0.15) is 0 Å². The van der Waals surface area contributed by atoms with E-state index in [4.69, 9.17) is 5.73 Å². The van der Waals surface area contributed by atoms with Crippen molar-refractivity contribution in [2.75, 3.05) is 13.6 Å². The number of aromatic nitrogens is 1. The maximum absolute atomic E-state index is 12.6. The first kappa shape index (κ1) is 18.8. The highest BCUT2D eigenvalue weighted by atomic mass is 35.5. The van der Waals surface area contributed by atoms with Crippen LogP contribution in [0.4, 0.5) is 0 Å². The normalized spacial score (nSPS) is 16.6. The Hall–Kier alpha value is -1.52. The quantitative estimate of drug-likeness (QED) is 0.867. The van der Waals surface area contributed by atoms with Gasteiger partial charge in [-0.05, 0) is 36.8 Å². The van der Waals surface area contributed by atoms with E-state index in [9.17, 15) is 4.79 Å². The minimum absolute atomic E-state index is 0. The number of aromatic amines is 1. The van der Waals surface area contributed by atoms with Gasteiger partial charge < -0.3 is 15.6 Å². The highest BCUT2D eigenvalue weighted by Gasteiger charge is 2.23. The molecule has 4 nitrogen and oxygen atoms in total. The molecule has 3 N–H and O–H groups in total. The number of hydrogen-bond donors (Lipinski definition) is 2. The van der Waals surface area contributed by atoms with Crippen LogP contribution in [0.15, 0.2) is 30.5 Å². The van der Waals surface area contributed by atoms with Crippen LogP contribution in [-0.4, -0.2) is 35.4 Å². The molecule has 0 saturated heterocycles. The molecule has 1 atom stereocenters. The Bertz CT molecular complexity index is 663. The van der Waals surface area contributed by atoms with Crippen LogP contribution < -0.4 is 5.73 Å². The van der Waals surface area contributed by atoms with E-state index in [1.165, 1.54) is 32.1 Å². The number of nitrogens with zero attached hydrogens (tertiary/aromatic N) is 1. The standard InChI is InChI=1S/C19H27N3O.ClH/c1-22(13-14-7-3-2-4-8-14)19(23)17(20)11-15-12-21-18-10-6-5-9-16(15)18;/h5-6,9-10,12,14,17,21H,2-4,7-8,11,13,20H2,1H3;1H/t17-;/m0./s1. The van der Waals surface area contributed by atoms with Gasteiger partial charge >= 0.3 is 0 Å². The van der Waals surface area contributed by atoms with Crippen LogP contribution in [0.2, 0.25) is 0 Å². The molecule has 1 aromatic carbocycles. The van der Waals surface area contributed by atoms with Crippen molar-refractivity contribution in [3.05, 3.63) is 36.0 Å². The van der Waals surface area contributed by atoms with Crippen LogP contribution in [0.5, 0.6) is 0 Å². The highest BCUT2D eigenvalue weighted by molar-refractivity contribution is 5.86. The van der Waals surface area contributed by atoms with Crippen molar-refractivity contribution in [1.82, 2.24) is 9.88 Å². The van der Waals surface area contributed by atoms with Gasteiger partial charge in [-0.25, -0.2) is 0 Å². The lowest BCUT2D eigenvalue weighted by Gasteiger charge is -2.28. The number of likely N-dealkylation sites (N-methyl/N-ethyl adjacent to an activating group) is 1. The number of nitrogens with two attached hydrogens (primary N) is 1. The second-order valence-electron chi connectivity index (χ2n) is 6.89. The second kappa shape index (κ2) is 8.54. The average molecular weight is 350 g/mol. The topological polar surface area (TPSA) is 62.1 Å². The van der Waals surface area contributed by atoms with Gasteiger partial charge in [-0.3, -0.25) is 4.79 Å². The fourth-order valence-electron chi connectivity index (χ4n) is 3.75. The molecule has 0 unspecified atom stereocenters. The van der Waals surface area contributed by atoms with Gasteiger partial charge in [-0.1, -0.05) is 37.5 Å². The van der Waals surface area contributed by atoms with E-state index in [0.29, 0.717) is 12.3 Å². The lowest BCUT2D eigenvalue weighted by molar-refractivity contribution is -0.131. The third-order valence-corrected chi connectivity index (χ3v) is 5.06. The summed E-state index contributed by atoms with van der Waals surface area (Å²) in [5.74, 6) is 0.707. The third-order valence-electron chi connectivity index (χ3n) is 5.06. The zero-order valence-corrected chi connectivity index (χ0v) is 15.1. The molecule has 3 rings (SSSR count). The van der Waals surface area contributed by atoms with Crippen molar-refractivity contribution < 1.29 is 4.79 Å². The molecule has 0 bridgehead atoms. The van der Waals surface area contributed by atoms with E-state index in [-0.39, 0.29) is 18.3 Å². The number of benzene rings is 1. The van der Waals surface area contributed by atoms with Gasteiger partial charge in [0.2, 0.25) is 5.91 Å². The average Bonchev–Trinajstić information content (AvgIpc) is 2.98. The fourth-order valence-corrected chi connectivity index (χ4v) is 3.75. The number of fused-ring (bicyclic) bond motifs is 1. The molecule has 132 valence electrons. The molecule has 24 heavy (non-hydrogen) atoms. The molecular weight excluding hydrogens is 322 g/mol. The number of halogens is 1. The predicted octanol–water partition coefficient (Wildman–Crippen LogP) is 3.50. The SMILES string of the molecule is CN(CC1CCCCC1)C(=O)[C@@H](N)Cc1c[nH]c2ccccc12.Cl. The molecule has 1 amide bonds. The first-order valence-electron chi connectivity index (χ1n) is 8.70. The van der Waals surface area contributed by atoms with Crippen LogP contribution in [-0.2, 0) is 11.2 Å². The monoisotopic (exact) mass is 349 g/mol. The highest BCUT2D eigenvalue weighted by Crippen LogP contribution is 2.24. The summed E-state index contributed by atoms with van der Waals surface area (Å²) < 4.78 is 0. The minimum atomic E-state index is -0.470. The summed E-state index contributed by atoms with van der Waals surface area (Å²) in [6.07, 6.45) is 8.98. The number of nitrogens with one attached hydrogen (secondary N) is 1. The molecule has 1 aliphatic carbocycles. The second-order valence-corrected chi connectivity index (χ2v) is 6.89. The van der Waals surface area contributed by atoms with Crippen molar-refractivity contribution >= 4 is 29.2 Å². The Labute approximate surface area is 150 Å². The molecule has 1 fully saturated rings. The summed E-state index contributed by atoms with van der Waals surface area (Å²) in [6.45, 7) is 0.848. The first-order valence-corrected chi connectivity index (χ1v) is 8.70. The number of hydrogen-bond acceptors (Lipinski definition) is 2. The number of carbonyl (C=O) groups excluding carboxylic acids is 1. The molecule has 0 radical (unpaired) electrons. The van der Waals surface area contributed by atoms with Gasteiger partial charge in [0, 0.05) is 30.7 Å². The molecular formula is C19H28ClN3O. The minimum Gasteiger partial charge on any atom is -0.361 e. The van der Waals surface area contributed by atoms with Gasteiger partial charge in [0.15, 0.2) is 0 Å². The summed E-state index contributed by atoms with van der Waals surface area (Å²) >= 11 is 0. The van der Waals surface area contributed by atoms with Crippen LogP contribution in [0.25, 0.3) is 10.9 Å². The van der Waals surface area contributed by atoms with E-state index >= 15 is 0 Å². The van der Waals surface area contributed by atoms with Crippen molar-refractivity contribution in [2.45, 2.75) is 44.6 Å². The molecule has 5 heteroatoms. The van der Waals surface area contributed by atoms with Crippen LogP contribution in [0.1, 0.15) is 37.7 Å². The predicted molar refractivity (Wildman–Crippen MR) is 101 cm³/mol. The lowest BCUT2D eigenvalue weighted by Crippen LogP contribution is -2.44. The van der Waals surface area contributed by atoms with Gasteiger partial charge in [0.05, 0.1) is 6.04 Å². The number of rotatable bonds is 5. The van der Waals surface area contributed by atoms with E-state index < -0.39 is 6.04 Å². The summed E-state index contributed by atoms with van der Waals surface area (Å²) in [5.41, 5.74) is 8.41. The zero-order valence-electron chi connectivity index (χ0n) is 14.3. The first-order chi connectivity index (χ1) is 11.1. The maximum Gasteiger partial charge on any atom is 0.239 e. The van der Waals surface area contributed by atoms with Gasteiger partial charge in [0.25, 0.3) is 0 Å². The Morgan fingerprint density at radius 2 is 2.00 bits per heavy atom. The van der Waals surface area contributed by atoms with Crippen LogP contribution in [0, 0.1) is 5.92 Å². The Morgan fingerprint density at radius 1 is 1.29 bits per heavy atom. The molecule has 1 heterocycles. The Kier molecular flexibility index (Phi) is 6.69. The van der Waals surface area contributed by atoms with Gasteiger partial charge in [-0.2, -0.15) is 0 Å². The zero-order chi connectivity index (χ0) is 16.2. The summed E-state index contributed by atoms with van der Waals surface area (Å²) in [4.78, 5) is 17.7. The largest absolute Gasteiger partial charge is 0.361 e. The number of H-pyrrole nitrogens is 1. The van der Waals surface area contributed by atoms with Crippen LogP contribution >= 0.6 is 12.4 Å². The summed E-state index contributed by atoms with van der Waals surface area (Å²) in [7, 11) is 1.89. The van der Waals surface area contributed by atoms with Gasteiger partial charge in [-0.15, -0.1) is 12.4 Å². The molecule has 1 aliphatic rings. The molecule has 1 saturated carbocycles.